The fourth-order valence-electron chi connectivity index (χ4n) is 1.38. The van der Waals surface area contributed by atoms with Gasteiger partial charge in [0, 0.05) is 17.4 Å². The molecular weight excluding hydrogens is 273 g/mol. The molecule has 2 aromatic rings. The van der Waals surface area contributed by atoms with Gasteiger partial charge in [0.15, 0.2) is 5.15 Å². The summed E-state index contributed by atoms with van der Waals surface area (Å²) in [5, 5.41) is 3.36. The number of carbonyl (C=O) groups is 1. The highest BCUT2D eigenvalue weighted by Gasteiger charge is 2.12. The number of pyridine rings is 2. The van der Waals surface area contributed by atoms with Crippen molar-refractivity contribution < 1.29 is 4.79 Å². The van der Waals surface area contributed by atoms with E-state index in [0.717, 1.165) is 5.56 Å². The van der Waals surface area contributed by atoms with Crippen molar-refractivity contribution in [1.29, 1.82) is 0 Å². The molecule has 0 aliphatic heterocycles. The third kappa shape index (κ3) is 2.78. The smallest absolute Gasteiger partial charge is 0.274 e. The topological polar surface area (TPSA) is 54.9 Å². The zero-order valence-corrected chi connectivity index (χ0v) is 11.0. The van der Waals surface area contributed by atoms with Gasteiger partial charge in [-0.2, -0.15) is 0 Å². The van der Waals surface area contributed by atoms with E-state index in [0.29, 0.717) is 10.7 Å². The number of rotatable bonds is 2. The van der Waals surface area contributed by atoms with Gasteiger partial charge >= 0.3 is 0 Å². The highest BCUT2D eigenvalue weighted by Crippen LogP contribution is 2.23. The second-order valence-electron chi connectivity index (χ2n) is 3.61. The summed E-state index contributed by atoms with van der Waals surface area (Å²) in [5.41, 5.74) is 1.53. The molecule has 0 unspecified atom stereocenters. The summed E-state index contributed by atoms with van der Waals surface area (Å²) in [6.45, 7) is 1.83. The average molecular weight is 282 g/mol. The molecule has 4 nitrogen and oxygen atoms in total. The van der Waals surface area contributed by atoms with E-state index in [1.54, 1.807) is 18.3 Å². The minimum Gasteiger partial charge on any atom is -0.318 e. The molecule has 92 valence electrons. The summed E-state index contributed by atoms with van der Waals surface area (Å²) in [6, 6.07) is 4.84. The van der Waals surface area contributed by atoms with E-state index in [4.69, 9.17) is 23.2 Å². The summed E-state index contributed by atoms with van der Waals surface area (Å²) in [7, 11) is 0. The zero-order chi connectivity index (χ0) is 13.1. The predicted molar refractivity (Wildman–Crippen MR) is 71.2 cm³/mol. The lowest BCUT2D eigenvalue weighted by molar-refractivity contribution is 0.102. The third-order valence-corrected chi connectivity index (χ3v) is 2.83. The number of aromatic nitrogens is 2. The van der Waals surface area contributed by atoms with Gasteiger partial charge in [-0.15, -0.1) is 0 Å². The van der Waals surface area contributed by atoms with E-state index in [9.17, 15) is 4.79 Å². The van der Waals surface area contributed by atoms with Crippen molar-refractivity contribution >= 4 is 34.8 Å². The van der Waals surface area contributed by atoms with Gasteiger partial charge in [-0.3, -0.25) is 9.78 Å². The average Bonchev–Trinajstić information content (AvgIpc) is 2.34. The molecule has 18 heavy (non-hydrogen) atoms. The molecule has 0 aromatic carbocycles. The van der Waals surface area contributed by atoms with Gasteiger partial charge in [0.25, 0.3) is 5.91 Å². The lowest BCUT2D eigenvalue weighted by Crippen LogP contribution is -2.15. The Bertz CT molecular complexity index is 581. The number of amides is 1. The molecule has 0 saturated carbocycles. The van der Waals surface area contributed by atoms with Crippen molar-refractivity contribution in [2.24, 2.45) is 0 Å². The van der Waals surface area contributed by atoms with E-state index in [1.807, 2.05) is 6.92 Å². The number of nitrogens with zero attached hydrogens (tertiary/aromatic N) is 2. The molecule has 2 aromatic heterocycles. The standard InChI is InChI=1S/C12H9Cl2N3O/c1-7-2-4-16-11(14)10(7)17-12(18)9-6-8(13)3-5-15-9/h2-6H,1H3,(H,17,18). The summed E-state index contributed by atoms with van der Waals surface area (Å²) in [4.78, 5) is 19.8. The Labute approximate surface area is 114 Å². The molecule has 0 bridgehead atoms. The number of aryl methyl sites for hydroxylation is 1. The number of nitrogens with one attached hydrogen (secondary N) is 1. The second-order valence-corrected chi connectivity index (χ2v) is 4.40. The Hall–Kier alpha value is -1.65. The van der Waals surface area contributed by atoms with Crippen LogP contribution >= 0.6 is 23.2 Å². The van der Waals surface area contributed by atoms with Crippen LogP contribution in [0.5, 0.6) is 0 Å². The first-order valence-electron chi connectivity index (χ1n) is 5.12. The molecule has 0 aliphatic rings. The van der Waals surface area contributed by atoms with E-state index in [-0.39, 0.29) is 16.8 Å². The van der Waals surface area contributed by atoms with Gasteiger partial charge in [-0.1, -0.05) is 23.2 Å². The summed E-state index contributed by atoms with van der Waals surface area (Å²) in [5.74, 6) is -0.379. The van der Waals surface area contributed by atoms with Crippen LogP contribution < -0.4 is 5.32 Å². The van der Waals surface area contributed by atoms with Crippen LogP contribution in [-0.2, 0) is 0 Å². The van der Waals surface area contributed by atoms with Crippen LogP contribution in [0.15, 0.2) is 30.6 Å². The van der Waals surface area contributed by atoms with Crippen molar-refractivity contribution in [3.63, 3.8) is 0 Å². The Morgan fingerprint density at radius 3 is 2.61 bits per heavy atom. The van der Waals surface area contributed by atoms with Crippen LogP contribution in [0.2, 0.25) is 10.2 Å². The van der Waals surface area contributed by atoms with Gasteiger partial charge in [0.2, 0.25) is 0 Å². The maximum absolute atomic E-state index is 12.0. The fourth-order valence-corrected chi connectivity index (χ4v) is 1.79. The number of halogens is 2. The quantitative estimate of drug-likeness (QED) is 0.859. The monoisotopic (exact) mass is 281 g/mol. The van der Waals surface area contributed by atoms with Crippen molar-refractivity contribution in [3.8, 4) is 0 Å². The summed E-state index contributed by atoms with van der Waals surface area (Å²) in [6.07, 6.45) is 3.04. The highest BCUT2D eigenvalue weighted by atomic mass is 35.5. The first kappa shape index (κ1) is 12.8. The van der Waals surface area contributed by atoms with Crippen LogP contribution in [0.25, 0.3) is 0 Å². The Morgan fingerprint density at radius 1 is 1.22 bits per heavy atom. The van der Waals surface area contributed by atoms with E-state index in [2.05, 4.69) is 15.3 Å². The van der Waals surface area contributed by atoms with Crippen molar-refractivity contribution in [2.45, 2.75) is 6.92 Å². The Kier molecular flexibility index (Phi) is 3.79. The Morgan fingerprint density at radius 2 is 1.94 bits per heavy atom. The first-order valence-corrected chi connectivity index (χ1v) is 5.87. The number of anilines is 1. The first-order chi connectivity index (χ1) is 8.58. The highest BCUT2D eigenvalue weighted by molar-refractivity contribution is 6.33. The van der Waals surface area contributed by atoms with Crippen LogP contribution in [0, 0.1) is 6.92 Å². The van der Waals surface area contributed by atoms with Crippen LogP contribution in [0.3, 0.4) is 0 Å². The Balaban J connectivity index is 2.27. The van der Waals surface area contributed by atoms with Gasteiger partial charge in [0.05, 0.1) is 5.69 Å². The normalized spacial score (nSPS) is 10.2. The minimum atomic E-state index is -0.379. The summed E-state index contributed by atoms with van der Waals surface area (Å²) < 4.78 is 0. The SMILES string of the molecule is Cc1ccnc(Cl)c1NC(=O)c1cc(Cl)ccn1. The third-order valence-electron chi connectivity index (χ3n) is 2.31. The van der Waals surface area contributed by atoms with Crippen LogP contribution in [0.4, 0.5) is 5.69 Å². The lowest BCUT2D eigenvalue weighted by Gasteiger charge is -2.08. The van der Waals surface area contributed by atoms with Crippen LogP contribution in [-0.4, -0.2) is 15.9 Å². The molecule has 1 amide bonds. The second kappa shape index (κ2) is 5.33. The molecule has 0 fully saturated rings. The van der Waals surface area contributed by atoms with Gasteiger partial charge in [0.1, 0.15) is 5.69 Å². The van der Waals surface area contributed by atoms with E-state index in [1.165, 1.54) is 12.3 Å². The lowest BCUT2D eigenvalue weighted by atomic mass is 10.2. The minimum absolute atomic E-state index is 0.224. The largest absolute Gasteiger partial charge is 0.318 e. The maximum Gasteiger partial charge on any atom is 0.274 e. The number of hydrogen-bond acceptors (Lipinski definition) is 3. The molecule has 1 N–H and O–H groups in total. The molecule has 2 heterocycles. The summed E-state index contributed by atoms with van der Waals surface area (Å²) >= 11 is 11.7. The predicted octanol–water partition coefficient (Wildman–Crippen LogP) is 3.34. The fraction of sp³-hybridized carbons (Fsp3) is 0.0833. The van der Waals surface area contributed by atoms with Crippen molar-refractivity contribution in [3.05, 3.63) is 52.0 Å². The molecule has 0 saturated heterocycles. The zero-order valence-electron chi connectivity index (χ0n) is 9.45. The van der Waals surface area contributed by atoms with Gasteiger partial charge < -0.3 is 5.32 Å². The van der Waals surface area contributed by atoms with Crippen molar-refractivity contribution in [1.82, 2.24) is 9.97 Å². The number of carbonyl (C=O) groups excluding carboxylic acids is 1. The molecular formula is C12H9Cl2N3O. The van der Waals surface area contributed by atoms with Crippen molar-refractivity contribution in [2.75, 3.05) is 5.32 Å². The molecule has 0 aliphatic carbocycles. The molecule has 6 heteroatoms. The molecule has 2 rings (SSSR count). The van der Waals surface area contributed by atoms with Gasteiger partial charge in [-0.25, -0.2) is 4.98 Å². The van der Waals surface area contributed by atoms with Gasteiger partial charge in [-0.05, 0) is 30.7 Å². The van der Waals surface area contributed by atoms with E-state index < -0.39 is 0 Å². The van der Waals surface area contributed by atoms with Crippen LogP contribution in [0.1, 0.15) is 16.1 Å². The molecule has 0 atom stereocenters. The van der Waals surface area contributed by atoms with E-state index >= 15 is 0 Å². The molecule has 0 spiro atoms. The number of hydrogen-bond donors (Lipinski definition) is 1. The molecule has 0 radical (unpaired) electrons. The maximum atomic E-state index is 12.0.